The Morgan fingerprint density at radius 3 is 2.85 bits per heavy atom. The van der Waals surface area contributed by atoms with Crippen molar-refractivity contribution >= 4 is 35.6 Å². The Kier molecular flexibility index (Phi) is 8.27. The van der Waals surface area contributed by atoms with Gasteiger partial charge in [-0.3, -0.25) is 4.99 Å². The third kappa shape index (κ3) is 5.39. The summed E-state index contributed by atoms with van der Waals surface area (Å²) in [5.41, 5.74) is 1.22. The van der Waals surface area contributed by atoms with Gasteiger partial charge in [0.05, 0.1) is 13.2 Å². The van der Waals surface area contributed by atoms with Crippen LogP contribution in [0.1, 0.15) is 19.8 Å². The number of aliphatic imine (C=N–C) groups is 1. The summed E-state index contributed by atoms with van der Waals surface area (Å²) in [7, 11) is 1.71. The first-order valence-corrected chi connectivity index (χ1v) is 9.30. The van der Waals surface area contributed by atoms with E-state index < -0.39 is 0 Å². The molecule has 0 spiro atoms. The second kappa shape index (κ2) is 10.2. The first-order chi connectivity index (χ1) is 12.2. The van der Waals surface area contributed by atoms with Crippen LogP contribution in [0.3, 0.4) is 0 Å². The van der Waals surface area contributed by atoms with Gasteiger partial charge in [-0.25, -0.2) is 0 Å². The molecule has 146 valence electrons. The van der Waals surface area contributed by atoms with Crippen LogP contribution in [0.15, 0.2) is 29.3 Å². The van der Waals surface area contributed by atoms with Crippen LogP contribution in [0.2, 0.25) is 0 Å². The minimum absolute atomic E-state index is 0. The van der Waals surface area contributed by atoms with Gasteiger partial charge in [0.1, 0.15) is 5.75 Å². The molecule has 2 aliphatic heterocycles. The zero-order chi connectivity index (χ0) is 17.6. The number of nitrogens with zero attached hydrogens (tertiary/aromatic N) is 3. The van der Waals surface area contributed by atoms with Crippen molar-refractivity contribution in [3.05, 3.63) is 24.3 Å². The summed E-state index contributed by atoms with van der Waals surface area (Å²) < 4.78 is 5.33. The quantitative estimate of drug-likeness (QED) is 0.389. The Labute approximate surface area is 173 Å². The molecule has 26 heavy (non-hydrogen) atoms. The normalized spacial score (nSPS) is 23.1. The molecule has 2 atom stereocenters. The Morgan fingerprint density at radius 2 is 2.15 bits per heavy atom. The average Bonchev–Trinajstić information content (AvgIpc) is 3.28. The summed E-state index contributed by atoms with van der Waals surface area (Å²) in [6.07, 6.45) is 1.76. The Balaban J connectivity index is 0.00000243. The van der Waals surface area contributed by atoms with Crippen LogP contribution in [-0.4, -0.2) is 68.4 Å². The van der Waals surface area contributed by atoms with Crippen LogP contribution in [0.4, 0.5) is 5.69 Å². The molecule has 2 fully saturated rings. The number of rotatable bonds is 5. The van der Waals surface area contributed by atoms with Crippen molar-refractivity contribution in [1.29, 1.82) is 0 Å². The summed E-state index contributed by atoms with van der Waals surface area (Å²) >= 11 is 0. The number of nitrogens with one attached hydrogen (secondary N) is 1. The summed E-state index contributed by atoms with van der Waals surface area (Å²) in [5, 5.41) is 13.1. The first-order valence-electron chi connectivity index (χ1n) is 9.30. The van der Waals surface area contributed by atoms with Crippen LogP contribution in [0, 0.1) is 5.92 Å². The molecule has 0 bridgehead atoms. The SMILES string of the molecule is CCNC(=NCC1CCN(c2cccc(OC)c2)C1)N1CC[C@@H](O)C1.I. The van der Waals surface area contributed by atoms with Crippen LogP contribution in [0.25, 0.3) is 0 Å². The maximum atomic E-state index is 9.76. The number of β-amino-alcohol motifs (C(OH)–C–C–N with tert-alkyl or cyclic N) is 1. The second-order valence-electron chi connectivity index (χ2n) is 6.89. The molecule has 0 amide bonds. The third-order valence-electron chi connectivity index (χ3n) is 5.00. The fourth-order valence-electron chi connectivity index (χ4n) is 3.60. The van der Waals surface area contributed by atoms with E-state index in [0.717, 1.165) is 57.3 Å². The lowest BCUT2D eigenvalue weighted by Gasteiger charge is -2.22. The van der Waals surface area contributed by atoms with Crippen molar-refractivity contribution in [2.45, 2.75) is 25.9 Å². The van der Waals surface area contributed by atoms with Gasteiger partial charge in [-0.2, -0.15) is 0 Å². The highest BCUT2D eigenvalue weighted by Gasteiger charge is 2.25. The van der Waals surface area contributed by atoms with Gasteiger partial charge >= 0.3 is 0 Å². The maximum absolute atomic E-state index is 9.76. The molecule has 2 N–H and O–H groups in total. The van der Waals surface area contributed by atoms with E-state index in [4.69, 9.17) is 9.73 Å². The summed E-state index contributed by atoms with van der Waals surface area (Å²) in [6, 6.07) is 8.27. The molecule has 2 saturated heterocycles. The van der Waals surface area contributed by atoms with Crippen LogP contribution in [-0.2, 0) is 0 Å². The lowest BCUT2D eigenvalue weighted by molar-refractivity contribution is 0.187. The molecule has 0 aliphatic carbocycles. The smallest absolute Gasteiger partial charge is 0.194 e. The van der Waals surface area contributed by atoms with Gasteiger partial charge in [-0.05, 0) is 37.8 Å². The second-order valence-corrected chi connectivity index (χ2v) is 6.89. The van der Waals surface area contributed by atoms with E-state index in [2.05, 4.69) is 34.2 Å². The molecule has 3 rings (SSSR count). The van der Waals surface area contributed by atoms with Crippen molar-refractivity contribution < 1.29 is 9.84 Å². The van der Waals surface area contributed by atoms with Crippen LogP contribution >= 0.6 is 24.0 Å². The molecule has 0 aromatic heterocycles. The van der Waals surface area contributed by atoms with Crippen molar-refractivity contribution in [3.63, 3.8) is 0 Å². The van der Waals surface area contributed by atoms with Crippen molar-refractivity contribution in [3.8, 4) is 5.75 Å². The number of ether oxygens (including phenoxy) is 1. The first kappa shape index (κ1) is 21.1. The fourth-order valence-corrected chi connectivity index (χ4v) is 3.60. The number of benzene rings is 1. The number of hydrogen-bond acceptors (Lipinski definition) is 4. The van der Waals surface area contributed by atoms with Gasteiger partial charge < -0.3 is 25.0 Å². The summed E-state index contributed by atoms with van der Waals surface area (Å²) in [4.78, 5) is 9.42. The highest BCUT2D eigenvalue weighted by atomic mass is 127. The number of aliphatic hydroxyl groups is 1. The van der Waals surface area contributed by atoms with Crippen LogP contribution < -0.4 is 15.0 Å². The Hall–Kier alpha value is -1.22. The Morgan fingerprint density at radius 1 is 1.31 bits per heavy atom. The number of likely N-dealkylation sites (tertiary alicyclic amines) is 1. The third-order valence-corrected chi connectivity index (χ3v) is 5.00. The van der Waals surface area contributed by atoms with Crippen molar-refractivity contribution in [1.82, 2.24) is 10.2 Å². The molecule has 1 unspecified atom stereocenters. The van der Waals surface area contributed by atoms with E-state index in [0.29, 0.717) is 12.5 Å². The molecular formula is C19H31IN4O2. The van der Waals surface area contributed by atoms with Gasteiger partial charge in [-0.15, -0.1) is 24.0 Å². The number of aliphatic hydroxyl groups excluding tert-OH is 1. The number of guanidine groups is 1. The van der Waals surface area contributed by atoms with E-state index in [9.17, 15) is 5.11 Å². The number of anilines is 1. The lowest BCUT2D eigenvalue weighted by Crippen LogP contribution is -2.40. The zero-order valence-electron chi connectivity index (χ0n) is 15.7. The standard InChI is InChI=1S/C19H30N4O2.HI/c1-3-20-19(23-10-8-17(24)14-23)21-12-15-7-9-22(13-15)16-5-4-6-18(11-16)25-2;/h4-6,11,15,17,24H,3,7-10,12-14H2,1-2H3,(H,20,21);1H/t15?,17-;/m1./s1. The molecule has 0 radical (unpaired) electrons. The highest BCUT2D eigenvalue weighted by Crippen LogP contribution is 2.27. The molecule has 2 heterocycles. The summed E-state index contributed by atoms with van der Waals surface area (Å²) in [5.74, 6) is 2.41. The zero-order valence-corrected chi connectivity index (χ0v) is 18.1. The van der Waals surface area contributed by atoms with Crippen molar-refractivity contribution in [2.75, 3.05) is 51.3 Å². The number of methoxy groups -OCH3 is 1. The van der Waals surface area contributed by atoms with Gasteiger partial charge in [0.15, 0.2) is 5.96 Å². The van der Waals surface area contributed by atoms with Gasteiger partial charge in [0, 0.05) is 51.0 Å². The highest BCUT2D eigenvalue weighted by molar-refractivity contribution is 14.0. The van der Waals surface area contributed by atoms with Crippen LogP contribution in [0.5, 0.6) is 5.75 Å². The predicted octanol–water partition coefficient (Wildman–Crippen LogP) is 2.17. The minimum Gasteiger partial charge on any atom is -0.497 e. The van der Waals surface area contributed by atoms with E-state index in [1.807, 2.05) is 12.1 Å². The Bertz CT molecular complexity index is 599. The van der Waals surface area contributed by atoms with Gasteiger partial charge in [0.25, 0.3) is 0 Å². The molecule has 6 nitrogen and oxygen atoms in total. The molecule has 1 aromatic rings. The molecule has 1 aromatic carbocycles. The average molecular weight is 474 g/mol. The maximum Gasteiger partial charge on any atom is 0.194 e. The van der Waals surface area contributed by atoms with E-state index in [-0.39, 0.29) is 30.1 Å². The number of hydrogen-bond donors (Lipinski definition) is 2. The fraction of sp³-hybridized carbons (Fsp3) is 0.632. The van der Waals surface area contributed by atoms with E-state index in [1.165, 1.54) is 5.69 Å². The van der Waals surface area contributed by atoms with Crippen molar-refractivity contribution in [2.24, 2.45) is 10.9 Å². The van der Waals surface area contributed by atoms with E-state index in [1.54, 1.807) is 7.11 Å². The number of halogens is 1. The van der Waals surface area contributed by atoms with Gasteiger partial charge in [-0.1, -0.05) is 6.07 Å². The predicted molar refractivity (Wildman–Crippen MR) is 117 cm³/mol. The lowest BCUT2D eigenvalue weighted by atomic mass is 10.1. The van der Waals surface area contributed by atoms with E-state index >= 15 is 0 Å². The topological polar surface area (TPSA) is 60.3 Å². The molecule has 0 saturated carbocycles. The summed E-state index contributed by atoms with van der Waals surface area (Å²) in [6.45, 7) is 7.43. The largest absolute Gasteiger partial charge is 0.497 e. The molecule has 2 aliphatic rings. The monoisotopic (exact) mass is 474 g/mol. The van der Waals surface area contributed by atoms with Gasteiger partial charge in [0.2, 0.25) is 0 Å². The molecule has 7 heteroatoms. The minimum atomic E-state index is -0.223. The molecular weight excluding hydrogens is 443 g/mol.